The Morgan fingerprint density at radius 3 is 2.64 bits per heavy atom. The first kappa shape index (κ1) is 21.3. The van der Waals surface area contributed by atoms with Gasteiger partial charge in [-0.05, 0) is 18.2 Å². The quantitative estimate of drug-likeness (QED) is 0.305. The lowest BCUT2D eigenvalue weighted by Gasteiger charge is -2.12. The van der Waals surface area contributed by atoms with Gasteiger partial charge in [-0.15, -0.1) is 0 Å². The minimum absolute atomic E-state index is 0.00151. The molecule has 0 saturated carbocycles. The van der Waals surface area contributed by atoms with Crippen LogP contribution >= 0.6 is 0 Å². The highest BCUT2D eigenvalue weighted by Crippen LogP contribution is 2.27. The van der Waals surface area contributed by atoms with Crippen LogP contribution in [-0.4, -0.2) is 52.3 Å². The lowest BCUT2D eigenvalue weighted by atomic mass is 10.3. The van der Waals surface area contributed by atoms with Gasteiger partial charge in [0.25, 0.3) is 5.69 Å². The fraction of sp³-hybridized carbons (Fsp3) is 0.375. The summed E-state index contributed by atoms with van der Waals surface area (Å²) in [4.78, 5) is 17.1. The van der Waals surface area contributed by atoms with Crippen molar-refractivity contribution in [3.05, 3.63) is 52.3 Å². The molecule has 0 aliphatic rings. The van der Waals surface area contributed by atoms with Crippen molar-refractivity contribution in [3.8, 4) is 5.75 Å². The molecule has 1 heterocycles. The lowest BCUT2D eigenvalue weighted by molar-refractivity contribution is -0.658. The van der Waals surface area contributed by atoms with Crippen molar-refractivity contribution in [1.82, 2.24) is 9.97 Å². The number of benzene rings is 1. The molecule has 2 aromatic rings. The summed E-state index contributed by atoms with van der Waals surface area (Å²) in [6.45, 7) is 1.07. The van der Waals surface area contributed by atoms with E-state index in [1.807, 2.05) is 0 Å². The highest BCUT2D eigenvalue weighted by atomic mass is 19.4. The third-order valence-corrected chi connectivity index (χ3v) is 3.51. The highest BCUT2D eigenvalue weighted by molar-refractivity contribution is 5.35. The first-order valence-corrected chi connectivity index (χ1v) is 8.27. The van der Waals surface area contributed by atoms with Crippen LogP contribution in [0.4, 0.5) is 24.8 Å². The molecule has 9 nitrogen and oxygen atoms in total. The fourth-order valence-electron chi connectivity index (χ4n) is 2.12. The first-order valence-electron chi connectivity index (χ1n) is 8.27. The zero-order valence-electron chi connectivity index (χ0n) is 14.6. The van der Waals surface area contributed by atoms with Crippen LogP contribution in [0.5, 0.6) is 5.75 Å². The second kappa shape index (κ2) is 9.80. The summed E-state index contributed by atoms with van der Waals surface area (Å²) >= 11 is 0. The van der Waals surface area contributed by atoms with Crippen LogP contribution < -0.4 is 15.4 Å². The summed E-state index contributed by atoms with van der Waals surface area (Å²) in [7, 11) is 0. The molecule has 0 aliphatic carbocycles. The van der Waals surface area contributed by atoms with Crippen molar-refractivity contribution >= 4 is 11.6 Å². The number of hydrogen-bond donors (Lipinski definition) is 3. The Hall–Kier alpha value is -2.99. The maximum atomic E-state index is 12.6. The molecular formula is C16H19F3N5O4+. The molecule has 1 aromatic carbocycles. The van der Waals surface area contributed by atoms with E-state index in [0.29, 0.717) is 25.4 Å². The average molecular weight is 402 g/mol. The van der Waals surface area contributed by atoms with Crippen molar-refractivity contribution in [1.29, 1.82) is 0 Å². The number of quaternary nitrogens is 1. The van der Waals surface area contributed by atoms with E-state index in [1.165, 1.54) is 24.3 Å². The van der Waals surface area contributed by atoms with Gasteiger partial charge < -0.3 is 20.5 Å². The number of nitro groups is 1. The van der Waals surface area contributed by atoms with Gasteiger partial charge in [-0.2, -0.15) is 13.2 Å². The van der Waals surface area contributed by atoms with Crippen LogP contribution in [0.1, 0.15) is 5.69 Å². The van der Waals surface area contributed by atoms with Crippen LogP contribution in [0.2, 0.25) is 0 Å². The number of anilines is 1. The maximum Gasteiger partial charge on any atom is 0.433 e. The Balaban J connectivity index is 1.63. The van der Waals surface area contributed by atoms with E-state index in [1.54, 1.807) is 5.32 Å². The molecule has 1 atom stereocenters. The highest BCUT2D eigenvalue weighted by Gasteiger charge is 2.32. The summed E-state index contributed by atoms with van der Waals surface area (Å²) in [5.74, 6) is 0.276. The minimum atomic E-state index is -4.53. The standard InChI is InChI=1S/C16H18F3N5O4/c17-16(18,19)14-5-6-21-15(23-14)22-8-7-20-9-12(25)10-28-13-3-1-11(2-4-13)24(26)27/h1-6,12,20,25H,7-10H2,(H,21,22,23)/p+1/t12-/m0/s1. The molecule has 4 N–H and O–H groups in total. The van der Waals surface area contributed by atoms with Crippen molar-refractivity contribution in [2.75, 3.05) is 31.6 Å². The third kappa shape index (κ3) is 6.96. The zero-order chi connectivity index (χ0) is 20.6. The van der Waals surface area contributed by atoms with Gasteiger partial charge in [0.2, 0.25) is 5.95 Å². The second-order valence-corrected chi connectivity index (χ2v) is 5.72. The number of aliphatic hydroxyl groups excluding tert-OH is 1. The Morgan fingerprint density at radius 1 is 1.29 bits per heavy atom. The minimum Gasteiger partial charge on any atom is -0.491 e. The van der Waals surface area contributed by atoms with Gasteiger partial charge in [0.15, 0.2) is 0 Å². The number of halogens is 3. The monoisotopic (exact) mass is 402 g/mol. The summed E-state index contributed by atoms with van der Waals surface area (Å²) in [5, 5.41) is 24.9. The van der Waals surface area contributed by atoms with Crippen LogP contribution in [0.25, 0.3) is 0 Å². The predicted octanol–water partition coefficient (Wildman–Crippen LogP) is 0.819. The molecule has 0 unspecified atom stereocenters. The van der Waals surface area contributed by atoms with E-state index >= 15 is 0 Å². The second-order valence-electron chi connectivity index (χ2n) is 5.72. The largest absolute Gasteiger partial charge is 0.491 e. The van der Waals surface area contributed by atoms with Crippen LogP contribution in [0, 0.1) is 10.1 Å². The smallest absolute Gasteiger partial charge is 0.433 e. The number of nitro benzene ring substituents is 1. The molecule has 152 valence electrons. The molecule has 28 heavy (non-hydrogen) atoms. The molecule has 2 rings (SSSR count). The molecule has 0 bridgehead atoms. The van der Waals surface area contributed by atoms with E-state index in [-0.39, 0.29) is 18.2 Å². The van der Waals surface area contributed by atoms with Gasteiger partial charge in [0.05, 0.1) is 18.0 Å². The lowest BCUT2D eigenvalue weighted by Crippen LogP contribution is -2.87. The van der Waals surface area contributed by atoms with E-state index in [4.69, 9.17) is 4.74 Å². The number of aliphatic hydroxyl groups is 1. The molecule has 0 aliphatic heterocycles. The number of nitrogens with one attached hydrogen (secondary N) is 1. The van der Waals surface area contributed by atoms with Crippen molar-refractivity contribution in [2.45, 2.75) is 12.3 Å². The number of nitrogens with zero attached hydrogens (tertiary/aromatic N) is 3. The topological polar surface area (TPSA) is 127 Å². The molecule has 12 heteroatoms. The van der Waals surface area contributed by atoms with Crippen LogP contribution in [0.15, 0.2) is 36.5 Å². The molecule has 0 saturated heterocycles. The van der Waals surface area contributed by atoms with Crippen molar-refractivity contribution in [2.24, 2.45) is 0 Å². The number of aromatic nitrogens is 2. The third-order valence-electron chi connectivity index (χ3n) is 3.51. The molecule has 1 aromatic heterocycles. The zero-order valence-corrected chi connectivity index (χ0v) is 14.6. The molecule has 0 fully saturated rings. The van der Waals surface area contributed by atoms with Crippen LogP contribution in [-0.2, 0) is 6.18 Å². The van der Waals surface area contributed by atoms with Gasteiger partial charge >= 0.3 is 6.18 Å². The van der Waals surface area contributed by atoms with E-state index in [9.17, 15) is 28.4 Å². The van der Waals surface area contributed by atoms with Crippen LogP contribution in [0.3, 0.4) is 0 Å². The molecule has 0 amide bonds. The van der Waals surface area contributed by atoms with Gasteiger partial charge in [-0.3, -0.25) is 10.1 Å². The Morgan fingerprint density at radius 2 is 2.00 bits per heavy atom. The summed E-state index contributed by atoms with van der Waals surface area (Å²) in [6.07, 6.45) is -4.29. The number of non-ortho nitro benzene ring substituents is 1. The fourth-order valence-corrected chi connectivity index (χ4v) is 2.12. The average Bonchev–Trinajstić information content (AvgIpc) is 2.66. The Labute approximate surface area is 157 Å². The van der Waals surface area contributed by atoms with Gasteiger partial charge in [0.1, 0.15) is 30.7 Å². The maximum absolute atomic E-state index is 12.6. The molecule has 0 radical (unpaired) electrons. The number of rotatable bonds is 10. The number of alkyl halides is 3. The number of ether oxygens (including phenoxy) is 1. The summed E-state index contributed by atoms with van der Waals surface area (Å²) in [5.41, 5.74) is -1.08. The number of hydrogen-bond acceptors (Lipinski definition) is 7. The first-order chi connectivity index (χ1) is 13.3. The van der Waals surface area contributed by atoms with Crippen molar-refractivity contribution < 1.29 is 33.3 Å². The molecular weight excluding hydrogens is 383 g/mol. The number of nitrogens with two attached hydrogens (primary N) is 1. The van der Waals surface area contributed by atoms with Gasteiger partial charge in [-0.1, -0.05) is 0 Å². The Bertz CT molecular complexity index is 774. The van der Waals surface area contributed by atoms with E-state index in [0.717, 1.165) is 12.3 Å². The Kier molecular flexibility index (Phi) is 7.46. The summed E-state index contributed by atoms with van der Waals surface area (Å²) < 4.78 is 43.0. The molecule has 0 spiro atoms. The van der Waals surface area contributed by atoms with Gasteiger partial charge in [0, 0.05) is 18.3 Å². The normalized spacial score (nSPS) is 12.4. The SMILES string of the molecule is O=[N+]([O-])c1ccc(OC[C@@H](O)C[NH2+]CCNc2nccc(C(F)(F)F)n2)cc1. The van der Waals surface area contributed by atoms with Gasteiger partial charge in [-0.25, -0.2) is 9.97 Å². The predicted molar refractivity (Wildman–Crippen MR) is 91.8 cm³/mol. The van der Waals surface area contributed by atoms with E-state index < -0.39 is 22.9 Å². The summed E-state index contributed by atoms with van der Waals surface area (Å²) in [6, 6.07) is 6.27. The van der Waals surface area contributed by atoms with E-state index in [2.05, 4.69) is 15.3 Å². The van der Waals surface area contributed by atoms with Crippen molar-refractivity contribution in [3.63, 3.8) is 0 Å².